The molecule has 66 heavy (non-hydrogen) atoms. The maximum Gasteiger partial charge on any atom is 0.250 e. The summed E-state index contributed by atoms with van der Waals surface area (Å²) in [5.74, 6) is 1.72. The van der Waals surface area contributed by atoms with E-state index < -0.39 is 0 Å². The summed E-state index contributed by atoms with van der Waals surface area (Å²) in [5, 5.41) is 3.96. The van der Waals surface area contributed by atoms with Crippen molar-refractivity contribution in [3.8, 4) is 45.5 Å². The monoisotopic (exact) mass is 911 g/mol. The van der Waals surface area contributed by atoms with Gasteiger partial charge in [-0.3, -0.25) is 14.6 Å². The number of morpholine rings is 2. The Balaban J connectivity index is 0.000000160. The van der Waals surface area contributed by atoms with Crippen molar-refractivity contribution in [3.63, 3.8) is 0 Å². The molecule has 0 bridgehead atoms. The van der Waals surface area contributed by atoms with Crippen LogP contribution in [0.15, 0.2) is 113 Å². The number of nitrogen functional groups attached to an aromatic ring is 1. The van der Waals surface area contributed by atoms with Gasteiger partial charge in [0.1, 0.15) is 34.6 Å². The number of aromatic amines is 2. The summed E-state index contributed by atoms with van der Waals surface area (Å²) in [5.41, 5.74) is 14.8. The van der Waals surface area contributed by atoms with Gasteiger partial charge in [0.25, 0.3) is 0 Å². The highest BCUT2D eigenvalue weighted by Gasteiger charge is 2.26. The highest BCUT2D eigenvalue weighted by molar-refractivity contribution is 6.30. The van der Waals surface area contributed by atoms with Gasteiger partial charge in [-0.1, -0.05) is 11.6 Å². The average molecular weight is 912 g/mol. The molecule has 2 fully saturated rings. The van der Waals surface area contributed by atoms with Crippen LogP contribution in [0.4, 0.5) is 31.5 Å². The topological polar surface area (TPSA) is 160 Å². The third-order valence-electron chi connectivity index (χ3n) is 11.8. The first-order chi connectivity index (χ1) is 32.1. The summed E-state index contributed by atoms with van der Waals surface area (Å²) in [6, 6.07) is 25.7. The van der Waals surface area contributed by atoms with Gasteiger partial charge in [-0.15, -0.1) is 0 Å². The molecule has 4 aromatic carbocycles. The van der Waals surface area contributed by atoms with Crippen LogP contribution in [-0.4, -0.2) is 67.6 Å². The number of nitrogens with two attached hydrogens (primary N) is 1. The average Bonchev–Trinajstić information content (AvgIpc) is 3.32. The molecule has 5 N–H and O–H groups in total. The molecule has 3 aromatic heterocycles. The molecule has 0 atom stereocenters. The summed E-state index contributed by atoms with van der Waals surface area (Å²) in [6.45, 7) is 5.78. The SMILES string of the molecule is Nc1ccc2c(c1)Cc1cc(F)cc(-c3cc(N4CCOCC4)cc(=O)[nH]3)c1O2.O=c1cc(N2CCOCC2)cc(-c2cc(F)cc3c2Oc2ccc(NCc4cncc(Cl)c4)cc2C3)[nH]1. The number of nitrogens with zero attached hydrogens (tertiary/aromatic N) is 3. The van der Waals surface area contributed by atoms with Crippen LogP contribution in [0.2, 0.25) is 5.02 Å². The number of anilines is 4. The Morgan fingerprint density at radius 1 is 0.636 bits per heavy atom. The molecule has 0 radical (unpaired) electrons. The van der Waals surface area contributed by atoms with E-state index in [1.165, 1.54) is 24.3 Å². The molecule has 336 valence electrons. The molecule has 4 aliphatic rings. The lowest BCUT2D eigenvalue weighted by Crippen LogP contribution is -2.36. The first-order valence-electron chi connectivity index (χ1n) is 21.6. The largest absolute Gasteiger partial charge is 0.456 e. The smallest absolute Gasteiger partial charge is 0.250 e. The van der Waals surface area contributed by atoms with Crippen molar-refractivity contribution < 1.29 is 27.7 Å². The van der Waals surface area contributed by atoms with E-state index in [1.807, 2.05) is 48.5 Å². The molecule has 4 aliphatic heterocycles. The predicted molar refractivity (Wildman–Crippen MR) is 251 cm³/mol. The van der Waals surface area contributed by atoms with E-state index >= 15 is 0 Å². The highest BCUT2D eigenvalue weighted by Crippen LogP contribution is 2.45. The predicted octanol–water partition coefficient (Wildman–Crippen LogP) is 8.67. The van der Waals surface area contributed by atoms with Crippen molar-refractivity contribution in [1.29, 1.82) is 0 Å². The van der Waals surface area contributed by atoms with Crippen LogP contribution in [0.5, 0.6) is 23.0 Å². The number of hydrogen-bond donors (Lipinski definition) is 4. The van der Waals surface area contributed by atoms with Crippen molar-refractivity contribution in [3.05, 3.63) is 169 Å². The number of rotatable bonds is 7. The van der Waals surface area contributed by atoms with Crippen LogP contribution in [0.25, 0.3) is 22.5 Å². The summed E-state index contributed by atoms with van der Waals surface area (Å²) < 4.78 is 52.5. The molecule has 7 heterocycles. The second-order valence-corrected chi connectivity index (χ2v) is 16.9. The van der Waals surface area contributed by atoms with E-state index in [2.05, 4.69) is 30.1 Å². The Morgan fingerprint density at radius 2 is 1.17 bits per heavy atom. The zero-order chi connectivity index (χ0) is 45.3. The first-order valence-corrected chi connectivity index (χ1v) is 22.0. The van der Waals surface area contributed by atoms with Crippen molar-refractivity contribution in [2.75, 3.05) is 73.5 Å². The fraction of sp³-hybridized carbons (Fsp3) is 0.220. The molecule has 7 aromatic rings. The molecule has 0 spiro atoms. The summed E-state index contributed by atoms with van der Waals surface area (Å²) in [7, 11) is 0. The lowest BCUT2D eigenvalue weighted by Gasteiger charge is -2.29. The van der Waals surface area contributed by atoms with Gasteiger partial charge < -0.3 is 49.8 Å². The molecular weight excluding hydrogens is 868 g/mol. The number of hydrogen-bond acceptors (Lipinski definition) is 11. The third kappa shape index (κ3) is 9.31. The molecule has 0 saturated carbocycles. The Morgan fingerprint density at radius 3 is 1.71 bits per heavy atom. The van der Waals surface area contributed by atoms with E-state index in [9.17, 15) is 18.4 Å². The van der Waals surface area contributed by atoms with Gasteiger partial charge >= 0.3 is 0 Å². The van der Waals surface area contributed by atoms with Gasteiger partial charge in [0, 0.05) is 126 Å². The molecular formula is C50H44ClF2N7O6. The van der Waals surface area contributed by atoms with Crippen molar-refractivity contribution >= 4 is 34.4 Å². The van der Waals surface area contributed by atoms with Gasteiger partial charge in [0.15, 0.2) is 0 Å². The van der Waals surface area contributed by atoms with Gasteiger partial charge in [-0.25, -0.2) is 8.78 Å². The van der Waals surface area contributed by atoms with E-state index in [-0.39, 0.29) is 22.8 Å². The number of nitrogens with one attached hydrogen (secondary N) is 3. The minimum Gasteiger partial charge on any atom is -0.456 e. The Kier molecular flexibility index (Phi) is 11.9. The minimum atomic E-state index is -0.388. The molecule has 0 amide bonds. The molecule has 13 nitrogen and oxygen atoms in total. The standard InChI is InChI=1S/C28H24ClFN4O3.C22H20FN3O3/c29-20-7-17(14-31-16-20)15-32-22-1-2-26-18(10-22)8-19-9-21(30)11-24(28(19)37-26)25-12-23(13-27(35)33-25)34-3-5-36-6-4-34;23-15-8-14-7-13-9-16(24)1-2-20(13)29-22(14)18(10-15)19-11-17(12-21(27)25-19)26-3-5-28-6-4-26/h1-2,7,9-14,16,32H,3-6,8,15H2,(H,33,35);1-2,8-12H,3-7,24H2,(H,25,27). The number of benzene rings is 4. The van der Waals surface area contributed by atoms with Gasteiger partial charge in [-0.05, 0) is 84.4 Å². The lowest BCUT2D eigenvalue weighted by atomic mass is 9.95. The Bertz CT molecular complexity index is 3100. The molecule has 11 rings (SSSR count). The zero-order valence-electron chi connectivity index (χ0n) is 35.6. The Labute approximate surface area is 382 Å². The summed E-state index contributed by atoms with van der Waals surface area (Å²) >= 11 is 6.03. The maximum atomic E-state index is 14.8. The van der Waals surface area contributed by atoms with Crippen LogP contribution >= 0.6 is 11.6 Å². The van der Waals surface area contributed by atoms with Gasteiger partial charge in [-0.2, -0.15) is 0 Å². The normalized spacial score (nSPS) is 14.9. The molecule has 0 aliphatic carbocycles. The maximum absolute atomic E-state index is 14.8. The van der Waals surface area contributed by atoms with E-state index in [4.69, 9.17) is 36.3 Å². The van der Waals surface area contributed by atoms with Crippen LogP contribution in [-0.2, 0) is 28.9 Å². The second-order valence-electron chi connectivity index (χ2n) is 16.4. The number of halogens is 3. The summed E-state index contributed by atoms with van der Waals surface area (Å²) in [6.07, 6.45) is 4.37. The Hall–Kier alpha value is -7.20. The number of pyridine rings is 3. The minimum absolute atomic E-state index is 0.244. The third-order valence-corrected chi connectivity index (χ3v) is 12.0. The highest BCUT2D eigenvalue weighted by atomic mass is 35.5. The van der Waals surface area contributed by atoms with Crippen molar-refractivity contribution in [1.82, 2.24) is 15.0 Å². The lowest BCUT2D eigenvalue weighted by molar-refractivity contribution is 0.122. The number of ether oxygens (including phenoxy) is 4. The molecule has 0 unspecified atom stereocenters. The van der Waals surface area contributed by atoms with Gasteiger partial charge in [0.05, 0.1) is 42.8 Å². The molecule has 2 saturated heterocycles. The summed E-state index contributed by atoms with van der Waals surface area (Å²) in [4.78, 5) is 38.9. The van der Waals surface area contributed by atoms with Crippen LogP contribution in [0.3, 0.4) is 0 Å². The van der Waals surface area contributed by atoms with Crippen LogP contribution in [0.1, 0.15) is 27.8 Å². The van der Waals surface area contributed by atoms with E-state index in [1.54, 1.807) is 30.6 Å². The fourth-order valence-electron chi connectivity index (χ4n) is 8.71. The fourth-order valence-corrected chi connectivity index (χ4v) is 8.91. The zero-order valence-corrected chi connectivity index (χ0v) is 36.4. The number of H-pyrrole nitrogens is 2. The van der Waals surface area contributed by atoms with E-state index in [0.29, 0.717) is 128 Å². The van der Waals surface area contributed by atoms with Crippen molar-refractivity contribution in [2.24, 2.45) is 0 Å². The van der Waals surface area contributed by atoms with Crippen LogP contribution in [0, 0.1) is 11.6 Å². The first kappa shape index (κ1) is 42.7. The van der Waals surface area contributed by atoms with Crippen molar-refractivity contribution in [2.45, 2.75) is 19.4 Å². The van der Waals surface area contributed by atoms with Gasteiger partial charge in [0.2, 0.25) is 11.1 Å². The molecule has 16 heteroatoms. The number of fused-ring (bicyclic) bond motifs is 4. The van der Waals surface area contributed by atoms with E-state index in [0.717, 1.165) is 44.9 Å². The number of aromatic nitrogens is 3. The van der Waals surface area contributed by atoms with Crippen LogP contribution < -0.4 is 41.4 Å². The quantitative estimate of drug-likeness (QED) is 0.113. The second kappa shape index (κ2) is 18.4.